The molecular formula is C27H34N3O3S+. The van der Waals surface area contributed by atoms with Crippen LogP contribution in [0.3, 0.4) is 0 Å². The van der Waals surface area contributed by atoms with Crippen molar-refractivity contribution in [2.45, 2.75) is 32.7 Å². The van der Waals surface area contributed by atoms with E-state index in [0.29, 0.717) is 12.2 Å². The van der Waals surface area contributed by atoms with Gasteiger partial charge in [0.05, 0.1) is 11.9 Å². The van der Waals surface area contributed by atoms with Gasteiger partial charge in [-0.1, -0.05) is 81.5 Å². The Labute approximate surface area is 203 Å². The molecule has 3 rings (SSSR count). The molecule has 2 amide bonds. The fourth-order valence-electron chi connectivity index (χ4n) is 3.33. The highest BCUT2D eigenvalue weighted by atomic mass is 32.3. The number of carbonyl (C=O) groups is 1. The molecule has 0 aliphatic carbocycles. The van der Waals surface area contributed by atoms with E-state index in [1.807, 2.05) is 84.9 Å². The van der Waals surface area contributed by atoms with Crippen molar-refractivity contribution in [3.8, 4) is 0 Å². The number of carbonyl (C=O) groups excluding carboxylic acids is 1. The number of rotatable bonds is 7. The van der Waals surface area contributed by atoms with Crippen molar-refractivity contribution in [3.63, 3.8) is 0 Å². The van der Waals surface area contributed by atoms with Crippen LogP contribution in [0.25, 0.3) is 12.2 Å². The van der Waals surface area contributed by atoms with E-state index < -0.39 is 10.8 Å². The van der Waals surface area contributed by atoms with Crippen LogP contribution in [0.15, 0.2) is 72.8 Å². The molecule has 1 unspecified atom stereocenters. The molecule has 3 aromatic rings. The molecule has 0 heterocycles. The molecule has 7 heteroatoms. The second-order valence-corrected chi connectivity index (χ2v) is 11.2. The molecule has 0 aliphatic heterocycles. The minimum absolute atomic E-state index is 0.0589. The maximum Gasteiger partial charge on any atom is 0.319 e. The van der Waals surface area contributed by atoms with Gasteiger partial charge in [0.1, 0.15) is 0 Å². The maximum absolute atomic E-state index is 12.4. The highest BCUT2D eigenvalue weighted by Crippen LogP contribution is 2.36. The maximum atomic E-state index is 12.4. The van der Waals surface area contributed by atoms with E-state index in [4.69, 9.17) is 4.55 Å². The van der Waals surface area contributed by atoms with Gasteiger partial charge >= 0.3 is 6.03 Å². The molecular weight excluding hydrogens is 446 g/mol. The molecule has 0 radical (unpaired) electrons. The molecule has 0 aliphatic rings. The molecule has 6 nitrogen and oxygen atoms in total. The van der Waals surface area contributed by atoms with Gasteiger partial charge in [-0.3, -0.25) is 4.72 Å². The van der Waals surface area contributed by atoms with E-state index >= 15 is 0 Å². The molecule has 0 fully saturated rings. The lowest BCUT2D eigenvalue weighted by Gasteiger charge is -2.25. The van der Waals surface area contributed by atoms with Crippen molar-refractivity contribution in [1.82, 2.24) is 5.32 Å². The Morgan fingerprint density at radius 3 is 2.29 bits per heavy atom. The van der Waals surface area contributed by atoms with E-state index in [1.165, 1.54) is 11.8 Å². The van der Waals surface area contributed by atoms with E-state index in [1.54, 1.807) is 0 Å². The number of hydrogen-bond donors (Lipinski definition) is 4. The van der Waals surface area contributed by atoms with Gasteiger partial charge in [0.15, 0.2) is 0 Å². The van der Waals surface area contributed by atoms with Crippen molar-refractivity contribution >= 4 is 40.3 Å². The Balaban J connectivity index is 1.69. The average molecular weight is 481 g/mol. The van der Waals surface area contributed by atoms with E-state index in [9.17, 15) is 9.35 Å². The van der Waals surface area contributed by atoms with Crippen LogP contribution in [-0.2, 0) is 12.0 Å². The molecule has 3 aromatic carbocycles. The van der Waals surface area contributed by atoms with E-state index in [-0.39, 0.29) is 11.4 Å². The number of nitrogens with one attached hydrogen (secondary N) is 3. The van der Waals surface area contributed by atoms with Gasteiger partial charge in [-0.05, 0) is 62.7 Å². The average Bonchev–Trinajstić information content (AvgIpc) is 2.77. The smallest absolute Gasteiger partial charge is 0.319 e. The third-order valence-corrected chi connectivity index (χ3v) is 5.76. The summed E-state index contributed by atoms with van der Waals surface area (Å²) < 4.78 is 20.7. The Morgan fingerprint density at radius 1 is 1.00 bits per heavy atom. The van der Waals surface area contributed by atoms with Crippen molar-refractivity contribution in [3.05, 3.63) is 95.1 Å². The highest BCUT2D eigenvalue weighted by molar-refractivity contribution is 8.24. The second kappa shape index (κ2) is 10.8. The molecule has 1 atom stereocenters. The van der Waals surface area contributed by atoms with Crippen molar-refractivity contribution in [1.29, 1.82) is 0 Å². The van der Waals surface area contributed by atoms with Gasteiger partial charge in [-0.2, -0.15) is 0 Å². The lowest BCUT2D eigenvalue weighted by atomic mass is 9.87. The zero-order chi connectivity index (χ0) is 24.8. The van der Waals surface area contributed by atoms with Gasteiger partial charge in [-0.15, -0.1) is 0 Å². The minimum atomic E-state index is -2.68. The zero-order valence-corrected chi connectivity index (χ0v) is 20.9. The first kappa shape index (κ1) is 25.4. The number of amides is 2. The Bertz CT molecular complexity index is 1130. The Morgan fingerprint density at radius 2 is 1.68 bits per heavy atom. The topological polar surface area (TPSA) is 96.3 Å². The van der Waals surface area contributed by atoms with Crippen LogP contribution in [-0.4, -0.2) is 21.4 Å². The van der Waals surface area contributed by atoms with Crippen molar-refractivity contribution < 1.29 is 13.9 Å². The standard InChI is InChI=1S/C27H33N3O3S/c1-27(2,3)23-13-15-24(16-14-23)29-26(31)28-19-21-11-17-25(30-34(4,32)33)22(18-21)12-10-20-8-6-5-7-9-20/h5-18,30,32-33H,19H2,1-4H3,(H2,28,29,31)/p+1/b12-10-. The van der Waals surface area contributed by atoms with Crippen molar-refractivity contribution in [2.24, 2.45) is 0 Å². The first-order valence-corrected chi connectivity index (χ1v) is 13.0. The number of hydrogen-bond acceptors (Lipinski definition) is 3. The SMILES string of the molecule is CC(C)(C)c1ccc(NC(=O)NCc2ccc(NS(C)(O)[OH2+])c(/C=C\c3ccccc3)c2)cc1. The summed E-state index contributed by atoms with van der Waals surface area (Å²) in [6.45, 7) is 6.79. The molecule has 180 valence electrons. The second-order valence-electron chi connectivity index (χ2n) is 9.28. The predicted octanol–water partition coefficient (Wildman–Crippen LogP) is 6.35. The number of anilines is 2. The Hall–Kier alpha value is -3.26. The molecule has 0 aromatic heterocycles. The zero-order valence-electron chi connectivity index (χ0n) is 20.1. The molecule has 0 saturated carbocycles. The molecule has 0 saturated heterocycles. The van der Waals surface area contributed by atoms with E-state index in [2.05, 4.69) is 36.1 Å². The summed E-state index contributed by atoms with van der Waals surface area (Å²) in [5.41, 5.74) is 5.42. The van der Waals surface area contributed by atoms with Gasteiger partial charge in [0, 0.05) is 12.2 Å². The molecule has 0 bridgehead atoms. The minimum Gasteiger partial charge on any atom is -0.334 e. The van der Waals surface area contributed by atoms with Crippen LogP contribution in [0.5, 0.6) is 0 Å². The van der Waals surface area contributed by atoms with Gasteiger partial charge in [0.25, 0.3) is 0 Å². The lowest BCUT2D eigenvalue weighted by Crippen LogP contribution is -2.28. The molecule has 6 N–H and O–H groups in total. The van der Waals surface area contributed by atoms with Crippen LogP contribution in [0, 0.1) is 0 Å². The predicted molar refractivity (Wildman–Crippen MR) is 146 cm³/mol. The largest absolute Gasteiger partial charge is 0.334 e. The van der Waals surface area contributed by atoms with Crippen LogP contribution >= 0.6 is 10.8 Å². The number of benzene rings is 3. The third kappa shape index (κ3) is 7.95. The third-order valence-electron chi connectivity index (χ3n) is 5.14. The summed E-state index contributed by atoms with van der Waals surface area (Å²) in [4.78, 5) is 12.4. The molecule has 34 heavy (non-hydrogen) atoms. The van der Waals surface area contributed by atoms with Crippen LogP contribution in [0.1, 0.15) is 43.0 Å². The van der Waals surface area contributed by atoms with Gasteiger partial charge in [0.2, 0.25) is 0 Å². The van der Waals surface area contributed by atoms with Crippen LogP contribution in [0.2, 0.25) is 0 Å². The summed E-state index contributed by atoms with van der Waals surface area (Å²) in [6.07, 6.45) is 5.36. The normalized spacial score (nSPS) is 14.3. The van der Waals surface area contributed by atoms with E-state index in [0.717, 1.165) is 22.4 Å². The summed E-state index contributed by atoms with van der Waals surface area (Å²) in [5.74, 6) is 0. The highest BCUT2D eigenvalue weighted by Gasteiger charge is 2.14. The molecule has 0 spiro atoms. The quantitative estimate of drug-likeness (QED) is 0.234. The summed E-state index contributed by atoms with van der Waals surface area (Å²) >= 11 is 0. The summed E-state index contributed by atoms with van der Waals surface area (Å²) in [6, 6.07) is 23.1. The fraction of sp³-hybridized carbons (Fsp3) is 0.222. The Kier molecular flexibility index (Phi) is 8.04. The number of urea groups is 1. The first-order chi connectivity index (χ1) is 16.0. The summed E-state index contributed by atoms with van der Waals surface area (Å²) in [7, 11) is -2.68. The van der Waals surface area contributed by atoms with Crippen LogP contribution < -0.4 is 15.4 Å². The first-order valence-electron chi connectivity index (χ1n) is 11.0. The monoisotopic (exact) mass is 480 g/mol. The van der Waals surface area contributed by atoms with Crippen molar-refractivity contribution in [2.75, 3.05) is 16.3 Å². The summed E-state index contributed by atoms with van der Waals surface area (Å²) in [5, 5.41) is 5.75. The van der Waals surface area contributed by atoms with Gasteiger partial charge < -0.3 is 15.2 Å². The van der Waals surface area contributed by atoms with Gasteiger partial charge in [-0.25, -0.2) is 9.35 Å². The van der Waals surface area contributed by atoms with Crippen LogP contribution in [0.4, 0.5) is 16.2 Å². The fourth-order valence-corrected chi connectivity index (χ4v) is 3.94. The lowest BCUT2D eigenvalue weighted by molar-refractivity contribution is 0.251.